The lowest BCUT2D eigenvalue weighted by Crippen LogP contribution is -2.39. The summed E-state index contributed by atoms with van der Waals surface area (Å²) in [4.78, 5) is 7.94. The summed E-state index contributed by atoms with van der Waals surface area (Å²) in [6, 6.07) is 0. The Labute approximate surface area is 120 Å². The van der Waals surface area contributed by atoms with E-state index in [-0.39, 0.29) is 5.96 Å². The van der Waals surface area contributed by atoms with E-state index in [1.165, 1.54) is 6.33 Å². The number of aliphatic hydroxyl groups is 2. The molecule has 9 heteroatoms. The lowest BCUT2D eigenvalue weighted by molar-refractivity contribution is -0.173. The molecule has 114 valence electrons. The molecule has 0 aliphatic carbocycles. The third kappa shape index (κ3) is 1.59. The van der Waals surface area contributed by atoms with Gasteiger partial charge in [-0.05, 0) is 6.42 Å². The predicted octanol–water partition coefficient (Wildman–Crippen LogP) is -0.948. The molecule has 5 N–H and O–H groups in total. The molecule has 3 aliphatic heterocycles. The van der Waals surface area contributed by atoms with Gasteiger partial charge in [0.05, 0.1) is 12.9 Å². The maximum absolute atomic E-state index is 10.4. The number of nitrogens with zero attached hydrogens (tertiary/aromatic N) is 3. The Hall–Kier alpha value is -1.68. The quantitative estimate of drug-likeness (QED) is 0.554. The van der Waals surface area contributed by atoms with E-state index in [9.17, 15) is 10.2 Å². The molecule has 5 atom stereocenters. The van der Waals surface area contributed by atoms with Gasteiger partial charge in [-0.15, -0.1) is 0 Å². The third-order valence-electron chi connectivity index (χ3n) is 4.45. The second-order valence-electron chi connectivity index (χ2n) is 5.55. The van der Waals surface area contributed by atoms with Gasteiger partial charge in [-0.3, -0.25) is 4.57 Å². The highest BCUT2D eigenvalue weighted by Gasteiger charge is 2.61. The van der Waals surface area contributed by atoms with Gasteiger partial charge in [-0.2, -0.15) is 0 Å². The van der Waals surface area contributed by atoms with Crippen molar-refractivity contribution in [3.8, 4) is 0 Å². The molecule has 21 heavy (non-hydrogen) atoms. The fourth-order valence-corrected chi connectivity index (χ4v) is 3.20. The van der Waals surface area contributed by atoms with Crippen molar-refractivity contribution in [2.45, 2.75) is 43.6 Å². The molecule has 2 saturated heterocycles. The van der Waals surface area contributed by atoms with Crippen LogP contribution >= 0.6 is 0 Å². The zero-order chi connectivity index (χ0) is 14.8. The topological polar surface area (TPSA) is 127 Å². The molecule has 1 aromatic heterocycles. The number of imidazole rings is 1. The second kappa shape index (κ2) is 4.17. The van der Waals surface area contributed by atoms with E-state index in [1.807, 2.05) is 6.92 Å². The van der Waals surface area contributed by atoms with Crippen LogP contribution in [0, 0.1) is 0 Å². The fourth-order valence-electron chi connectivity index (χ4n) is 3.20. The third-order valence-corrected chi connectivity index (χ3v) is 4.45. The van der Waals surface area contributed by atoms with Crippen LogP contribution in [0.25, 0.3) is 0 Å². The summed E-state index contributed by atoms with van der Waals surface area (Å²) >= 11 is 0. The molecule has 4 heterocycles. The number of fused-ring (bicyclic) bond motifs is 3. The number of aliphatic hydroxyl groups excluding tert-OH is 2. The normalized spacial score (nSPS) is 40.8. The molecule has 0 aromatic carbocycles. The smallest absolute Gasteiger partial charge is 0.197 e. The van der Waals surface area contributed by atoms with E-state index in [2.05, 4.69) is 15.3 Å². The number of nitrogens with two attached hydrogens (primary N) is 1. The van der Waals surface area contributed by atoms with Crippen molar-refractivity contribution in [1.29, 1.82) is 0 Å². The first kappa shape index (κ1) is 13.0. The van der Waals surface area contributed by atoms with E-state index in [1.54, 1.807) is 4.57 Å². The lowest BCUT2D eigenvalue weighted by atomic mass is 9.96. The zero-order valence-corrected chi connectivity index (χ0v) is 11.4. The van der Waals surface area contributed by atoms with Crippen molar-refractivity contribution in [2.75, 3.05) is 11.9 Å². The van der Waals surface area contributed by atoms with Gasteiger partial charge < -0.3 is 30.7 Å². The van der Waals surface area contributed by atoms with E-state index < -0.39 is 30.3 Å². The Morgan fingerprint density at radius 3 is 3.10 bits per heavy atom. The highest BCUT2D eigenvalue weighted by atomic mass is 16.6. The average Bonchev–Trinajstić information content (AvgIpc) is 3.09. The van der Waals surface area contributed by atoms with Crippen LogP contribution in [-0.4, -0.2) is 50.1 Å². The van der Waals surface area contributed by atoms with Crippen molar-refractivity contribution in [3.63, 3.8) is 0 Å². The Morgan fingerprint density at radius 1 is 1.57 bits per heavy atom. The number of hydrogen-bond donors (Lipinski definition) is 4. The molecule has 3 unspecified atom stereocenters. The monoisotopic (exact) mass is 295 g/mol. The molecule has 2 bridgehead atoms. The molecule has 2 fully saturated rings. The van der Waals surface area contributed by atoms with Gasteiger partial charge in [0.1, 0.15) is 29.3 Å². The number of hydrogen-bond acceptors (Lipinski definition) is 8. The van der Waals surface area contributed by atoms with Crippen LogP contribution in [0.5, 0.6) is 0 Å². The van der Waals surface area contributed by atoms with Crippen LogP contribution in [-0.2, 0) is 9.47 Å². The minimum atomic E-state index is -1.10. The molecule has 0 radical (unpaired) electrons. The lowest BCUT2D eigenvalue weighted by Gasteiger charge is -2.31. The Morgan fingerprint density at radius 2 is 2.38 bits per heavy atom. The number of nitrogens with one attached hydrogen (secondary N) is 1. The van der Waals surface area contributed by atoms with E-state index in [0.29, 0.717) is 24.5 Å². The molecule has 0 saturated carbocycles. The van der Waals surface area contributed by atoms with Crippen LogP contribution < -0.4 is 11.1 Å². The minimum absolute atomic E-state index is 0.103. The molecule has 0 amide bonds. The van der Waals surface area contributed by atoms with Crippen LogP contribution in [0.1, 0.15) is 31.5 Å². The largest absolute Gasteiger partial charge is 0.387 e. The molecule has 9 nitrogen and oxygen atoms in total. The Kier molecular flexibility index (Phi) is 2.58. The molecule has 0 spiro atoms. The van der Waals surface area contributed by atoms with Crippen LogP contribution in [0.2, 0.25) is 0 Å². The predicted molar refractivity (Wildman–Crippen MR) is 71.3 cm³/mol. The standard InChI is InChI=1S/C12H17N5O4/c1-2-12-3-20-6(7(12)18)10(21-12)17-4-14-5-8(17)15-11(13)16-9(5)19/h4,6-7,9-10,18-19H,2-3H2,1H3,(H3,13,15,16)/t6?,7?,9?,10-,12+/m1/s1. The summed E-state index contributed by atoms with van der Waals surface area (Å²) in [5.74, 6) is 0.612. The first-order valence-corrected chi connectivity index (χ1v) is 6.88. The Bertz CT molecular complexity index is 617. The summed E-state index contributed by atoms with van der Waals surface area (Å²) in [7, 11) is 0. The maximum atomic E-state index is 10.4. The molecular formula is C12H17N5O4. The molecule has 1 aromatic rings. The molecule has 3 aliphatic rings. The van der Waals surface area contributed by atoms with E-state index in [4.69, 9.17) is 15.2 Å². The SMILES string of the molecule is CC[C@]12COC(C1O)[C@H](n1cnc3c1NC(N)=NC3O)O2. The van der Waals surface area contributed by atoms with Gasteiger partial charge in [-0.1, -0.05) is 6.92 Å². The number of anilines is 1. The van der Waals surface area contributed by atoms with Crippen molar-refractivity contribution in [1.82, 2.24) is 9.55 Å². The van der Waals surface area contributed by atoms with Gasteiger partial charge in [0.2, 0.25) is 0 Å². The van der Waals surface area contributed by atoms with E-state index in [0.717, 1.165) is 0 Å². The number of aromatic nitrogens is 2. The number of rotatable bonds is 2. The second-order valence-corrected chi connectivity index (χ2v) is 5.55. The summed E-state index contributed by atoms with van der Waals surface area (Å²) in [5, 5.41) is 23.1. The highest BCUT2D eigenvalue weighted by molar-refractivity contribution is 5.93. The van der Waals surface area contributed by atoms with Crippen LogP contribution in [0.3, 0.4) is 0 Å². The zero-order valence-electron chi connectivity index (χ0n) is 11.4. The number of guanidine groups is 1. The molecule has 4 rings (SSSR count). The summed E-state index contributed by atoms with van der Waals surface area (Å²) in [5.41, 5.74) is 5.33. The maximum Gasteiger partial charge on any atom is 0.197 e. The van der Waals surface area contributed by atoms with Crippen molar-refractivity contribution in [3.05, 3.63) is 12.0 Å². The number of ether oxygens (including phenoxy) is 2. The van der Waals surface area contributed by atoms with Gasteiger partial charge in [0, 0.05) is 0 Å². The van der Waals surface area contributed by atoms with Crippen molar-refractivity contribution in [2.24, 2.45) is 10.7 Å². The van der Waals surface area contributed by atoms with Gasteiger partial charge in [0.25, 0.3) is 0 Å². The van der Waals surface area contributed by atoms with Crippen molar-refractivity contribution < 1.29 is 19.7 Å². The summed E-state index contributed by atoms with van der Waals surface area (Å²) < 4.78 is 13.4. The molecular weight excluding hydrogens is 278 g/mol. The summed E-state index contributed by atoms with van der Waals surface area (Å²) in [6.07, 6.45) is -0.604. The van der Waals surface area contributed by atoms with Crippen molar-refractivity contribution >= 4 is 11.8 Å². The van der Waals surface area contributed by atoms with E-state index >= 15 is 0 Å². The van der Waals surface area contributed by atoms with Crippen LogP contribution in [0.15, 0.2) is 11.3 Å². The number of aliphatic imine (C=N–C) groups is 1. The van der Waals surface area contributed by atoms with Gasteiger partial charge in [-0.25, -0.2) is 9.98 Å². The first-order chi connectivity index (χ1) is 10.1. The average molecular weight is 295 g/mol. The fraction of sp³-hybridized carbons (Fsp3) is 0.667. The van der Waals surface area contributed by atoms with Gasteiger partial charge >= 0.3 is 0 Å². The Balaban J connectivity index is 1.72. The summed E-state index contributed by atoms with van der Waals surface area (Å²) in [6.45, 7) is 2.33. The highest BCUT2D eigenvalue weighted by Crippen LogP contribution is 2.48. The van der Waals surface area contributed by atoms with Crippen LogP contribution in [0.4, 0.5) is 5.82 Å². The first-order valence-electron chi connectivity index (χ1n) is 6.88. The minimum Gasteiger partial charge on any atom is -0.387 e. The van der Waals surface area contributed by atoms with Gasteiger partial charge in [0.15, 0.2) is 18.4 Å².